The minimum Gasteiger partial charge on any atom is -0.494 e. The molecule has 0 aliphatic heterocycles. The Morgan fingerprint density at radius 1 is 0.824 bits per heavy atom. The van der Waals surface area contributed by atoms with Crippen molar-refractivity contribution in [2.24, 2.45) is 5.10 Å². The van der Waals surface area contributed by atoms with Gasteiger partial charge in [0.15, 0.2) is 0 Å². The van der Waals surface area contributed by atoms with Gasteiger partial charge in [-0.05, 0) is 59.4 Å². The number of rotatable bonds is 15. The number of unbranched alkanes of at least 4 members (excludes halogenated alkanes) is 9. The Morgan fingerprint density at radius 3 is 1.94 bits per heavy atom. The molecule has 0 saturated carbocycles. The summed E-state index contributed by atoms with van der Waals surface area (Å²) in [4.78, 5) is 12.3. The lowest BCUT2D eigenvalue weighted by Crippen LogP contribution is -2.18. The number of amides is 1. The zero-order chi connectivity index (χ0) is 24.7. The fraction of sp³-hybridized carbons (Fsp3) is 0.533. The summed E-state index contributed by atoms with van der Waals surface area (Å²) in [6.07, 6.45) is 14.9. The Hall–Kier alpha value is -2.62. The molecule has 4 nitrogen and oxygen atoms in total. The van der Waals surface area contributed by atoms with Crippen LogP contribution in [-0.4, -0.2) is 18.7 Å². The van der Waals surface area contributed by atoms with Gasteiger partial charge in [0, 0.05) is 5.56 Å². The van der Waals surface area contributed by atoms with Crippen LogP contribution in [-0.2, 0) is 5.41 Å². The van der Waals surface area contributed by atoms with E-state index in [1.165, 1.54) is 63.4 Å². The first-order chi connectivity index (χ1) is 16.4. The third-order valence-corrected chi connectivity index (χ3v) is 6.04. The van der Waals surface area contributed by atoms with Crippen LogP contribution in [0.3, 0.4) is 0 Å². The highest BCUT2D eigenvalue weighted by Gasteiger charge is 2.14. The van der Waals surface area contributed by atoms with Crippen LogP contribution in [0.5, 0.6) is 5.75 Å². The van der Waals surface area contributed by atoms with E-state index in [0.29, 0.717) is 5.56 Å². The van der Waals surface area contributed by atoms with Crippen LogP contribution in [0.1, 0.15) is 113 Å². The molecule has 2 rings (SSSR count). The highest BCUT2D eigenvalue weighted by molar-refractivity contribution is 5.94. The molecule has 2 aromatic carbocycles. The van der Waals surface area contributed by atoms with Gasteiger partial charge in [-0.15, -0.1) is 0 Å². The van der Waals surface area contributed by atoms with Crippen molar-refractivity contribution in [3.63, 3.8) is 0 Å². The molecule has 0 unspecified atom stereocenters. The van der Waals surface area contributed by atoms with Crippen molar-refractivity contribution in [1.82, 2.24) is 5.43 Å². The standard InChI is InChI=1S/C30H44N2O2/c1-5-6-7-8-9-10-11-12-13-14-23-34-28-21-15-25(16-22-28)24-31-32-29(33)26-17-19-27(20-18-26)30(2,3)4/h15-22,24H,5-14,23H2,1-4H3,(H,32,33). The van der Waals surface area contributed by atoms with Crippen molar-refractivity contribution in [3.05, 3.63) is 65.2 Å². The van der Waals surface area contributed by atoms with Gasteiger partial charge in [0.1, 0.15) is 5.75 Å². The first-order valence-electron chi connectivity index (χ1n) is 13.1. The SMILES string of the molecule is CCCCCCCCCCCCOc1ccc(C=NNC(=O)c2ccc(C(C)(C)C)cc2)cc1. The number of nitrogens with one attached hydrogen (secondary N) is 1. The number of benzene rings is 2. The molecule has 0 aromatic heterocycles. The number of nitrogens with zero attached hydrogens (tertiary/aromatic N) is 1. The van der Waals surface area contributed by atoms with Gasteiger partial charge < -0.3 is 4.74 Å². The maximum absolute atomic E-state index is 12.3. The van der Waals surface area contributed by atoms with Gasteiger partial charge in [-0.2, -0.15) is 5.10 Å². The molecule has 4 heteroatoms. The summed E-state index contributed by atoms with van der Waals surface area (Å²) >= 11 is 0. The van der Waals surface area contributed by atoms with Gasteiger partial charge >= 0.3 is 0 Å². The van der Waals surface area contributed by atoms with E-state index >= 15 is 0 Å². The summed E-state index contributed by atoms with van der Waals surface area (Å²) in [5, 5.41) is 4.09. The van der Waals surface area contributed by atoms with Crippen molar-refractivity contribution in [3.8, 4) is 5.75 Å². The van der Waals surface area contributed by atoms with Crippen LogP contribution < -0.4 is 10.2 Å². The second-order valence-corrected chi connectivity index (χ2v) is 10.1. The maximum atomic E-state index is 12.3. The van der Waals surface area contributed by atoms with Gasteiger partial charge in [-0.1, -0.05) is 97.6 Å². The zero-order valence-corrected chi connectivity index (χ0v) is 21.7. The second-order valence-electron chi connectivity index (χ2n) is 10.1. The van der Waals surface area contributed by atoms with E-state index in [-0.39, 0.29) is 11.3 Å². The lowest BCUT2D eigenvalue weighted by atomic mass is 9.87. The average Bonchev–Trinajstić information content (AvgIpc) is 2.83. The Morgan fingerprint density at radius 2 is 1.38 bits per heavy atom. The lowest BCUT2D eigenvalue weighted by molar-refractivity contribution is 0.0955. The largest absolute Gasteiger partial charge is 0.494 e. The summed E-state index contributed by atoms with van der Waals surface area (Å²) in [6.45, 7) is 9.48. The van der Waals surface area contributed by atoms with Crippen molar-refractivity contribution < 1.29 is 9.53 Å². The minimum atomic E-state index is -0.215. The van der Waals surface area contributed by atoms with Crippen LogP contribution in [0.4, 0.5) is 0 Å². The van der Waals surface area contributed by atoms with Crippen LogP contribution in [0, 0.1) is 0 Å². The summed E-state index contributed by atoms with van der Waals surface area (Å²) in [5.41, 5.74) is 5.37. The Kier molecular flexibility index (Phi) is 12.4. The van der Waals surface area contributed by atoms with E-state index in [9.17, 15) is 4.79 Å². The molecule has 2 aromatic rings. The average molecular weight is 465 g/mol. The molecule has 0 heterocycles. The molecule has 1 amide bonds. The molecule has 0 aliphatic rings. The van der Waals surface area contributed by atoms with Crippen LogP contribution >= 0.6 is 0 Å². The maximum Gasteiger partial charge on any atom is 0.271 e. The second kappa shape index (κ2) is 15.3. The zero-order valence-electron chi connectivity index (χ0n) is 21.7. The van der Waals surface area contributed by atoms with E-state index in [0.717, 1.165) is 24.3 Å². The molecule has 34 heavy (non-hydrogen) atoms. The first-order valence-corrected chi connectivity index (χ1v) is 13.1. The highest BCUT2D eigenvalue weighted by atomic mass is 16.5. The van der Waals surface area contributed by atoms with E-state index in [2.05, 4.69) is 38.2 Å². The van der Waals surface area contributed by atoms with E-state index in [1.807, 2.05) is 48.5 Å². The molecule has 0 atom stereocenters. The summed E-state index contributed by atoms with van der Waals surface area (Å²) in [5.74, 6) is 0.657. The smallest absolute Gasteiger partial charge is 0.271 e. The molecular weight excluding hydrogens is 420 g/mol. The third-order valence-electron chi connectivity index (χ3n) is 6.04. The molecule has 186 valence electrons. The molecule has 0 aliphatic carbocycles. The van der Waals surface area contributed by atoms with Crippen molar-refractivity contribution >= 4 is 12.1 Å². The normalized spacial score (nSPS) is 11.6. The molecule has 0 radical (unpaired) electrons. The number of ether oxygens (including phenoxy) is 1. The van der Waals surface area contributed by atoms with E-state index in [4.69, 9.17) is 4.74 Å². The minimum absolute atomic E-state index is 0.0657. The van der Waals surface area contributed by atoms with Crippen LogP contribution in [0.2, 0.25) is 0 Å². The topological polar surface area (TPSA) is 50.7 Å². The molecule has 0 spiro atoms. The fourth-order valence-corrected chi connectivity index (χ4v) is 3.78. The number of hydrogen-bond acceptors (Lipinski definition) is 3. The van der Waals surface area contributed by atoms with Gasteiger partial charge in [0.05, 0.1) is 12.8 Å². The predicted molar refractivity (Wildman–Crippen MR) is 144 cm³/mol. The molecule has 1 N–H and O–H groups in total. The van der Waals surface area contributed by atoms with Gasteiger partial charge in [0.25, 0.3) is 5.91 Å². The lowest BCUT2D eigenvalue weighted by Gasteiger charge is -2.18. The third kappa shape index (κ3) is 11.0. The van der Waals surface area contributed by atoms with Gasteiger partial charge in [-0.3, -0.25) is 4.79 Å². The molecule has 0 fully saturated rings. The number of hydrazone groups is 1. The van der Waals surface area contributed by atoms with Crippen LogP contribution in [0.15, 0.2) is 53.6 Å². The Balaban J connectivity index is 1.61. The number of hydrogen-bond donors (Lipinski definition) is 1. The van der Waals surface area contributed by atoms with Gasteiger partial charge in [-0.25, -0.2) is 5.43 Å². The monoisotopic (exact) mass is 464 g/mol. The van der Waals surface area contributed by atoms with Crippen molar-refractivity contribution in [2.45, 2.75) is 97.3 Å². The van der Waals surface area contributed by atoms with Gasteiger partial charge in [0.2, 0.25) is 0 Å². The summed E-state index contributed by atoms with van der Waals surface area (Å²) in [6, 6.07) is 15.5. The van der Waals surface area contributed by atoms with Crippen molar-refractivity contribution in [1.29, 1.82) is 0 Å². The number of carbonyl (C=O) groups excluding carboxylic acids is 1. The first kappa shape index (κ1) is 27.6. The molecular formula is C30H44N2O2. The van der Waals surface area contributed by atoms with Crippen molar-refractivity contribution in [2.75, 3.05) is 6.61 Å². The summed E-state index contributed by atoms with van der Waals surface area (Å²) < 4.78 is 5.85. The Labute approximate surface area is 207 Å². The molecule has 0 bridgehead atoms. The highest BCUT2D eigenvalue weighted by Crippen LogP contribution is 2.22. The Bertz CT molecular complexity index is 849. The fourth-order valence-electron chi connectivity index (χ4n) is 3.78. The molecule has 0 saturated heterocycles. The predicted octanol–water partition coefficient (Wildman–Crippen LogP) is 8.05. The number of carbonyl (C=O) groups is 1. The van der Waals surface area contributed by atoms with Crippen LogP contribution in [0.25, 0.3) is 0 Å². The van der Waals surface area contributed by atoms with E-state index in [1.54, 1.807) is 6.21 Å². The summed E-state index contributed by atoms with van der Waals surface area (Å²) in [7, 11) is 0. The quantitative estimate of drug-likeness (QED) is 0.165. The van der Waals surface area contributed by atoms with E-state index < -0.39 is 0 Å².